The first kappa shape index (κ1) is 31.8. The molecule has 0 aromatic heterocycles. The zero-order chi connectivity index (χ0) is 28.6. The van der Waals surface area contributed by atoms with E-state index in [0.717, 1.165) is 56.7 Å². The number of nitrogens with zero attached hydrogens (tertiary/aromatic N) is 2. The molecule has 2 fully saturated rings. The van der Waals surface area contributed by atoms with Crippen LogP contribution in [0, 0.1) is 17.2 Å². The van der Waals surface area contributed by atoms with Crippen LogP contribution in [-0.4, -0.2) is 72.4 Å². The number of rotatable bonds is 15. The number of carbonyl (C=O) groups excluding carboxylic acids is 3. The summed E-state index contributed by atoms with van der Waals surface area (Å²) in [6.07, 6.45) is 10.1. The molecule has 1 aromatic rings. The van der Waals surface area contributed by atoms with Crippen molar-refractivity contribution in [3.8, 4) is 6.07 Å². The maximum absolute atomic E-state index is 12.7. The maximum Gasteiger partial charge on any atom is 0.238 e. The van der Waals surface area contributed by atoms with E-state index in [1.54, 1.807) is 0 Å². The number of nitriles is 1. The van der Waals surface area contributed by atoms with Crippen molar-refractivity contribution >= 4 is 40.9 Å². The molecule has 9 nitrogen and oxygen atoms in total. The number of thioether (sulfide) groups is 1. The summed E-state index contributed by atoms with van der Waals surface area (Å²) >= 11 is 1.36. The van der Waals surface area contributed by atoms with E-state index in [4.69, 9.17) is 0 Å². The Morgan fingerprint density at radius 3 is 2.50 bits per heavy atom. The van der Waals surface area contributed by atoms with Gasteiger partial charge in [0.1, 0.15) is 5.92 Å². The van der Waals surface area contributed by atoms with Crippen molar-refractivity contribution in [2.24, 2.45) is 5.92 Å². The summed E-state index contributed by atoms with van der Waals surface area (Å²) in [6.45, 7) is 5.87. The fourth-order valence-corrected chi connectivity index (χ4v) is 6.40. The van der Waals surface area contributed by atoms with Gasteiger partial charge in [-0.05, 0) is 70.3 Å². The van der Waals surface area contributed by atoms with Crippen LogP contribution in [0.25, 0.3) is 0 Å². The molecule has 40 heavy (non-hydrogen) atoms. The lowest BCUT2D eigenvalue weighted by molar-refractivity contribution is -0.124. The van der Waals surface area contributed by atoms with Crippen molar-refractivity contribution in [2.75, 3.05) is 49.1 Å². The zero-order valence-corrected chi connectivity index (χ0v) is 24.7. The molecule has 0 radical (unpaired) electrons. The maximum atomic E-state index is 12.7. The van der Waals surface area contributed by atoms with Crippen LogP contribution in [0.15, 0.2) is 24.3 Å². The molecule has 2 atom stereocenters. The minimum atomic E-state index is -0.785. The van der Waals surface area contributed by atoms with Crippen molar-refractivity contribution in [3.05, 3.63) is 24.3 Å². The van der Waals surface area contributed by atoms with Gasteiger partial charge in [-0.3, -0.25) is 14.4 Å². The Morgan fingerprint density at radius 1 is 1.05 bits per heavy atom. The Hall–Kier alpha value is -2.77. The lowest BCUT2D eigenvalue weighted by atomic mass is 9.95. The van der Waals surface area contributed by atoms with Crippen LogP contribution in [0.5, 0.6) is 0 Å². The van der Waals surface area contributed by atoms with Gasteiger partial charge in [0, 0.05) is 49.2 Å². The van der Waals surface area contributed by atoms with E-state index >= 15 is 0 Å². The van der Waals surface area contributed by atoms with Gasteiger partial charge in [-0.15, -0.1) is 11.8 Å². The van der Waals surface area contributed by atoms with Gasteiger partial charge < -0.3 is 26.2 Å². The molecule has 3 rings (SSSR count). The number of benzene rings is 1. The second-order valence-corrected chi connectivity index (χ2v) is 12.0. The average molecular weight is 571 g/mol. The van der Waals surface area contributed by atoms with Crippen LogP contribution < -0.4 is 21.3 Å². The minimum absolute atomic E-state index is 0.00925. The van der Waals surface area contributed by atoms with Crippen LogP contribution in [0.4, 0.5) is 11.4 Å². The molecule has 1 aliphatic heterocycles. The number of likely N-dealkylation sites (tertiary alicyclic amines) is 1. The number of nitrogens with one attached hydrogen (secondary N) is 4. The van der Waals surface area contributed by atoms with Gasteiger partial charge in [-0.1, -0.05) is 31.7 Å². The third-order valence-electron chi connectivity index (χ3n) is 7.52. The molecule has 220 valence electrons. The number of hydrogen-bond acceptors (Lipinski definition) is 7. The summed E-state index contributed by atoms with van der Waals surface area (Å²) in [7, 11) is 0. The monoisotopic (exact) mass is 570 g/mol. The van der Waals surface area contributed by atoms with Crippen molar-refractivity contribution in [3.63, 3.8) is 0 Å². The summed E-state index contributed by atoms with van der Waals surface area (Å²) in [5.74, 6) is -0.824. The van der Waals surface area contributed by atoms with Crippen molar-refractivity contribution in [2.45, 2.75) is 82.4 Å². The van der Waals surface area contributed by atoms with Crippen molar-refractivity contribution in [1.29, 1.82) is 5.26 Å². The summed E-state index contributed by atoms with van der Waals surface area (Å²) in [6, 6.07) is 9.87. The summed E-state index contributed by atoms with van der Waals surface area (Å²) in [5, 5.41) is 21.5. The minimum Gasteiger partial charge on any atom is -0.385 e. The van der Waals surface area contributed by atoms with Gasteiger partial charge >= 0.3 is 0 Å². The smallest absolute Gasteiger partial charge is 0.238 e. The van der Waals surface area contributed by atoms with Gasteiger partial charge in [-0.2, -0.15) is 5.26 Å². The topological polar surface area (TPSA) is 126 Å². The number of carbonyl (C=O) groups is 3. The Balaban J connectivity index is 1.45. The summed E-state index contributed by atoms with van der Waals surface area (Å²) in [4.78, 5) is 40.2. The van der Waals surface area contributed by atoms with Gasteiger partial charge in [-0.25, -0.2) is 0 Å². The predicted molar refractivity (Wildman–Crippen MR) is 162 cm³/mol. The highest BCUT2D eigenvalue weighted by atomic mass is 32.2. The van der Waals surface area contributed by atoms with E-state index in [0.29, 0.717) is 25.9 Å². The number of anilines is 2. The molecule has 1 saturated carbocycles. The van der Waals surface area contributed by atoms with Crippen LogP contribution in [0.2, 0.25) is 0 Å². The van der Waals surface area contributed by atoms with E-state index in [1.807, 2.05) is 31.2 Å². The fraction of sp³-hybridized carbons (Fsp3) is 0.667. The van der Waals surface area contributed by atoms with Crippen LogP contribution in [-0.2, 0) is 14.4 Å². The standard InChI is InChI=1S/C30H46N6O3S/c1-2-32-30(39)27(40-22-23(21-31)29(38)35-24-10-5-3-6-11-24)14-16-33-25-12-9-13-26(20-25)34-28(37)15-19-36-17-7-4-8-18-36/h9,12-13,20,23-24,27,33H,2-8,10-11,14-19,22H2,1H3,(H,32,39)(H,34,37)(H,35,38)/t23-,27?/m0/s1. The molecule has 1 heterocycles. The third kappa shape index (κ3) is 11.4. The fourth-order valence-electron chi connectivity index (χ4n) is 5.23. The number of hydrogen-bond donors (Lipinski definition) is 4. The summed E-state index contributed by atoms with van der Waals surface area (Å²) < 4.78 is 0. The molecule has 0 bridgehead atoms. The molecule has 1 unspecified atom stereocenters. The molecule has 0 spiro atoms. The highest BCUT2D eigenvalue weighted by molar-refractivity contribution is 8.00. The quantitative estimate of drug-likeness (QED) is 0.250. The SMILES string of the molecule is CCNC(=O)C(CCNc1cccc(NC(=O)CCN2CCCCC2)c1)SC[C@H](C#N)C(=O)NC1CCCCC1. The van der Waals surface area contributed by atoms with Crippen molar-refractivity contribution in [1.82, 2.24) is 15.5 Å². The molecule has 1 aromatic carbocycles. The Kier molecular flexibility index (Phi) is 14.1. The number of amides is 3. The average Bonchev–Trinajstić information content (AvgIpc) is 2.97. The molecule has 3 amide bonds. The molecule has 1 saturated heterocycles. The van der Waals surface area contributed by atoms with E-state index < -0.39 is 5.92 Å². The van der Waals surface area contributed by atoms with E-state index in [9.17, 15) is 19.6 Å². The highest BCUT2D eigenvalue weighted by Gasteiger charge is 2.26. The third-order valence-corrected chi connectivity index (χ3v) is 8.90. The Labute approximate surface area is 243 Å². The first-order chi connectivity index (χ1) is 19.5. The van der Waals surface area contributed by atoms with E-state index in [1.165, 1.54) is 37.4 Å². The van der Waals surface area contributed by atoms with Gasteiger partial charge in [0.05, 0.1) is 11.3 Å². The van der Waals surface area contributed by atoms with Crippen LogP contribution >= 0.6 is 11.8 Å². The van der Waals surface area contributed by atoms with Crippen LogP contribution in [0.3, 0.4) is 0 Å². The first-order valence-corrected chi connectivity index (χ1v) is 16.0. The highest BCUT2D eigenvalue weighted by Crippen LogP contribution is 2.22. The molecular weight excluding hydrogens is 524 g/mol. The predicted octanol–water partition coefficient (Wildman–Crippen LogP) is 4.13. The lowest BCUT2D eigenvalue weighted by Gasteiger charge is -2.25. The molecule has 10 heteroatoms. The zero-order valence-electron chi connectivity index (χ0n) is 23.9. The number of piperidine rings is 1. The molecule has 4 N–H and O–H groups in total. The van der Waals surface area contributed by atoms with Gasteiger partial charge in [0.25, 0.3) is 0 Å². The first-order valence-electron chi connectivity index (χ1n) is 14.9. The van der Waals surface area contributed by atoms with Crippen LogP contribution in [0.1, 0.15) is 71.1 Å². The lowest BCUT2D eigenvalue weighted by Crippen LogP contribution is -2.41. The second kappa shape index (κ2) is 17.8. The molecule has 2 aliphatic rings. The van der Waals surface area contributed by atoms with Gasteiger partial charge in [0.2, 0.25) is 17.7 Å². The molecule has 1 aliphatic carbocycles. The van der Waals surface area contributed by atoms with E-state index in [-0.39, 0.29) is 34.8 Å². The Morgan fingerprint density at radius 2 is 1.77 bits per heavy atom. The normalized spacial score (nSPS) is 17.7. The van der Waals surface area contributed by atoms with E-state index in [2.05, 4.69) is 32.2 Å². The second-order valence-electron chi connectivity index (χ2n) is 10.7. The van der Waals surface area contributed by atoms with Gasteiger partial charge in [0.15, 0.2) is 0 Å². The molecular formula is C30H46N6O3S. The Bertz CT molecular complexity index is 988. The van der Waals surface area contributed by atoms with Crippen molar-refractivity contribution < 1.29 is 14.4 Å². The largest absolute Gasteiger partial charge is 0.385 e. The summed E-state index contributed by atoms with van der Waals surface area (Å²) in [5.41, 5.74) is 1.60.